The number of alkyl carbamates (subject to hydrolysis) is 1. The quantitative estimate of drug-likeness (QED) is 0.695. The Morgan fingerprint density at radius 1 is 1.56 bits per heavy atom. The van der Waals surface area contributed by atoms with Crippen LogP contribution in [0.3, 0.4) is 0 Å². The lowest BCUT2D eigenvalue weighted by atomic mass is 10.3. The summed E-state index contributed by atoms with van der Waals surface area (Å²) >= 11 is 0. The molecule has 3 N–H and O–H groups in total. The van der Waals surface area contributed by atoms with Crippen molar-refractivity contribution in [3.63, 3.8) is 0 Å². The monoisotopic (exact) mass is 257 g/mol. The topological polar surface area (TPSA) is 126 Å². The Morgan fingerprint density at radius 3 is 2.78 bits per heavy atom. The van der Waals surface area contributed by atoms with Crippen LogP contribution in [0, 0.1) is 0 Å². The molecule has 1 aromatic rings. The molecule has 0 spiro atoms. The van der Waals surface area contributed by atoms with Crippen LogP contribution in [0.1, 0.15) is 12.7 Å². The van der Waals surface area contributed by atoms with E-state index in [0.29, 0.717) is 0 Å². The van der Waals surface area contributed by atoms with E-state index in [-0.39, 0.29) is 12.4 Å². The van der Waals surface area contributed by atoms with Crippen molar-refractivity contribution >= 4 is 12.1 Å². The Hall–Kier alpha value is -2.51. The number of carboxylic acids is 1. The number of aromatic hydroxyl groups is 1. The van der Waals surface area contributed by atoms with Gasteiger partial charge in [0.25, 0.3) is 0 Å². The van der Waals surface area contributed by atoms with Crippen molar-refractivity contribution in [1.29, 1.82) is 0 Å². The van der Waals surface area contributed by atoms with Crippen molar-refractivity contribution in [2.45, 2.75) is 19.6 Å². The third-order valence-electron chi connectivity index (χ3n) is 1.92. The molecule has 1 heterocycles. The number of nitrogens with one attached hydrogen (secondary N) is 1. The van der Waals surface area contributed by atoms with Gasteiger partial charge >= 0.3 is 12.1 Å². The molecule has 1 rings (SSSR count). The van der Waals surface area contributed by atoms with Gasteiger partial charge in [0.2, 0.25) is 5.43 Å². The van der Waals surface area contributed by atoms with E-state index in [9.17, 15) is 14.4 Å². The van der Waals surface area contributed by atoms with E-state index in [1.54, 1.807) is 0 Å². The smallest absolute Gasteiger partial charge is 0.408 e. The lowest BCUT2D eigenvalue weighted by molar-refractivity contribution is -0.138. The lowest BCUT2D eigenvalue weighted by Crippen LogP contribution is -2.38. The molecule has 0 saturated heterocycles. The second kappa shape index (κ2) is 5.71. The molecule has 1 aromatic heterocycles. The Morgan fingerprint density at radius 2 is 2.22 bits per heavy atom. The summed E-state index contributed by atoms with van der Waals surface area (Å²) in [6.45, 7) is 0.915. The third-order valence-corrected chi connectivity index (χ3v) is 1.92. The summed E-state index contributed by atoms with van der Waals surface area (Å²) in [6, 6.07) is -0.132. The van der Waals surface area contributed by atoms with Crippen molar-refractivity contribution in [2.24, 2.45) is 0 Å². The maximum absolute atomic E-state index is 11.1. The molecule has 8 heteroatoms. The molecule has 1 amide bonds. The van der Waals surface area contributed by atoms with Crippen molar-refractivity contribution in [3.05, 3.63) is 28.3 Å². The molecule has 0 aliphatic carbocycles. The summed E-state index contributed by atoms with van der Waals surface area (Å²) in [5.74, 6) is -1.73. The highest BCUT2D eigenvalue weighted by Crippen LogP contribution is 2.04. The third kappa shape index (κ3) is 3.81. The Balaban J connectivity index is 2.50. The Bertz CT molecular complexity index is 507. The molecule has 98 valence electrons. The highest BCUT2D eigenvalue weighted by molar-refractivity contribution is 5.79. The van der Waals surface area contributed by atoms with Crippen molar-refractivity contribution in [2.75, 3.05) is 0 Å². The minimum absolute atomic E-state index is 0.0240. The van der Waals surface area contributed by atoms with Crippen LogP contribution in [-0.4, -0.2) is 28.3 Å². The predicted octanol–water partition coefficient (Wildman–Crippen LogP) is 0.0447. The van der Waals surface area contributed by atoms with Crippen LogP contribution >= 0.6 is 0 Å². The number of hydrogen-bond donors (Lipinski definition) is 3. The molecule has 0 aliphatic rings. The molecule has 0 unspecified atom stereocenters. The van der Waals surface area contributed by atoms with E-state index in [4.69, 9.17) is 14.6 Å². The van der Waals surface area contributed by atoms with Crippen molar-refractivity contribution in [1.82, 2.24) is 5.32 Å². The van der Waals surface area contributed by atoms with E-state index in [2.05, 4.69) is 4.74 Å². The molecular formula is C10H11NO7. The van der Waals surface area contributed by atoms with Crippen molar-refractivity contribution < 1.29 is 29.0 Å². The minimum Gasteiger partial charge on any atom is -0.502 e. The number of carbonyl (C=O) groups excluding carboxylic acids is 1. The maximum atomic E-state index is 11.1. The van der Waals surface area contributed by atoms with Gasteiger partial charge in [0.15, 0.2) is 12.4 Å². The van der Waals surface area contributed by atoms with Gasteiger partial charge in [-0.25, -0.2) is 4.79 Å². The molecule has 0 fully saturated rings. The Kier molecular flexibility index (Phi) is 4.30. The predicted molar refractivity (Wildman–Crippen MR) is 57.1 cm³/mol. The number of hydrogen-bond acceptors (Lipinski definition) is 6. The summed E-state index contributed by atoms with van der Waals surface area (Å²) in [6.07, 6.45) is -0.139. The minimum atomic E-state index is -1.21. The van der Waals surface area contributed by atoms with Gasteiger partial charge in [-0.05, 0) is 6.92 Å². The molecule has 0 radical (unpaired) electrons. The van der Waals surface area contributed by atoms with Gasteiger partial charge in [0.05, 0.1) is 0 Å². The molecule has 0 saturated carbocycles. The SMILES string of the molecule is C[C@H](NC(=O)OCc1cc(=O)c(O)co1)C(=O)O. The summed E-state index contributed by atoms with van der Waals surface area (Å²) < 4.78 is 9.39. The van der Waals surface area contributed by atoms with Crippen molar-refractivity contribution in [3.8, 4) is 5.75 Å². The van der Waals surface area contributed by atoms with Crippen LogP contribution < -0.4 is 10.7 Å². The highest BCUT2D eigenvalue weighted by atomic mass is 16.6. The summed E-state index contributed by atoms with van der Waals surface area (Å²) in [5.41, 5.74) is -0.667. The van der Waals surface area contributed by atoms with Gasteiger partial charge < -0.3 is 24.7 Å². The average Bonchev–Trinajstić information content (AvgIpc) is 2.30. The molecular weight excluding hydrogens is 246 g/mol. The number of rotatable bonds is 4. The van der Waals surface area contributed by atoms with Gasteiger partial charge in [-0.15, -0.1) is 0 Å². The first-order valence-electron chi connectivity index (χ1n) is 4.87. The van der Waals surface area contributed by atoms with Gasteiger partial charge in [0.1, 0.15) is 18.1 Å². The molecule has 1 atom stereocenters. The van der Waals surface area contributed by atoms with Crippen LogP contribution in [-0.2, 0) is 16.1 Å². The van der Waals surface area contributed by atoms with E-state index in [1.807, 2.05) is 5.32 Å². The van der Waals surface area contributed by atoms with Gasteiger partial charge in [-0.2, -0.15) is 0 Å². The van der Waals surface area contributed by atoms with Gasteiger partial charge in [-0.1, -0.05) is 0 Å². The fraction of sp³-hybridized carbons (Fsp3) is 0.300. The first-order chi connectivity index (χ1) is 8.40. The average molecular weight is 257 g/mol. The number of aliphatic carboxylic acids is 1. The van der Waals surface area contributed by atoms with Crippen LogP contribution in [0.2, 0.25) is 0 Å². The van der Waals surface area contributed by atoms with E-state index < -0.39 is 29.3 Å². The normalized spacial score (nSPS) is 11.6. The number of carboxylic acid groups (broad SMARTS) is 1. The zero-order valence-corrected chi connectivity index (χ0v) is 9.37. The molecule has 18 heavy (non-hydrogen) atoms. The first kappa shape index (κ1) is 13.6. The highest BCUT2D eigenvalue weighted by Gasteiger charge is 2.15. The van der Waals surface area contributed by atoms with Gasteiger partial charge in [0, 0.05) is 6.07 Å². The molecule has 0 aromatic carbocycles. The van der Waals surface area contributed by atoms with Crippen LogP contribution in [0.25, 0.3) is 0 Å². The molecule has 0 aliphatic heterocycles. The molecule has 8 nitrogen and oxygen atoms in total. The first-order valence-corrected chi connectivity index (χ1v) is 4.87. The summed E-state index contributed by atoms with van der Waals surface area (Å²) in [4.78, 5) is 32.6. The van der Waals surface area contributed by atoms with E-state index >= 15 is 0 Å². The summed E-state index contributed by atoms with van der Waals surface area (Å²) in [7, 11) is 0. The number of ether oxygens (including phenoxy) is 1. The Labute approximate surface area is 101 Å². The van der Waals surface area contributed by atoms with Gasteiger partial charge in [-0.3, -0.25) is 9.59 Å². The van der Waals surface area contributed by atoms with Crippen LogP contribution in [0.15, 0.2) is 21.5 Å². The number of carbonyl (C=O) groups is 2. The summed E-state index contributed by atoms with van der Waals surface area (Å²) in [5, 5.41) is 19.5. The zero-order valence-electron chi connectivity index (χ0n) is 9.37. The second-order valence-corrected chi connectivity index (χ2v) is 3.38. The van der Waals surface area contributed by atoms with Crippen LogP contribution in [0.4, 0.5) is 4.79 Å². The van der Waals surface area contributed by atoms with Crippen LogP contribution in [0.5, 0.6) is 5.75 Å². The fourth-order valence-corrected chi connectivity index (χ4v) is 0.936. The zero-order chi connectivity index (χ0) is 13.7. The standard InChI is InChI=1S/C10H11NO7/c1-5(9(14)15)11-10(16)18-3-6-2-7(12)8(13)4-17-6/h2,4-5,13H,3H2,1H3,(H,11,16)(H,14,15)/t5-/m0/s1. The lowest BCUT2D eigenvalue weighted by Gasteiger charge is -2.09. The maximum Gasteiger partial charge on any atom is 0.408 e. The second-order valence-electron chi connectivity index (χ2n) is 3.38. The van der Waals surface area contributed by atoms with E-state index in [1.165, 1.54) is 6.92 Å². The largest absolute Gasteiger partial charge is 0.502 e. The molecule has 0 bridgehead atoms. The van der Waals surface area contributed by atoms with E-state index in [0.717, 1.165) is 12.3 Å². The number of amides is 1. The fourth-order valence-electron chi connectivity index (χ4n) is 0.936.